The number of nitrogens with zero attached hydrogens (tertiary/aromatic N) is 2. The molecule has 1 saturated heterocycles. The number of nitrogens with two attached hydrogens (primary N) is 1. The highest BCUT2D eigenvalue weighted by molar-refractivity contribution is 5.71. The number of likely N-dealkylation sites (tertiary alicyclic amines) is 1. The van der Waals surface area contributed by atoms with Crippen molar-refractivity contribution in [1.82, 2.24) is 4.90 Å². The molecule has 2 rings (SSSR count). The molecule has 0 amide bonds. The molecule has 1 aromatic carbocycles. The SMILES string of the molecule is COC(=O)COc1ccc(CN2CCC[C@@H](N)C2)cc1[N+](=O)[O-]. The third-order valence-electron chi connectivity index (χ3n) is 3.74. The molecule has 126 valence electrons. The molecule has 1 fully saturated rings. The van der Waals surface area contributed by atoms with Gasteiger partial charge in [-0.1, -0.05) is 6.07 Å². The van der Waals surface area contributed by atoms with Crippen LogP contribution in [0.2, 0.25) is 0 Å². The summed E-state index contributed by atoms with van der Waals surface area (Å²) in [6.07, 6.45) is 2.04. The normalized spacial score (nSPS) is 18.4. The maximum Gasteiger partial charge on any atom is 0.343 e. The van der Waals surface area contributed by atoms with Gasteiger partial charge in [-0.2, -0.15) is 0 Å². The Kier molecular flexibility index (Phi) is 5.89. The van der Waals surface area contributed by atoms with E-state index in [1.807, 2.05) is 0 Å². The third-order valence-corrected chi connectivity index (χ3v) is 3.74. The van der Waals surface area contributed by atoms with Gasteiger partial charge in [-0.15, -0.1) is 0 Å². The number of piperidine rings is 1. The fourth-order valence-corrected chi connectivity index (χ4v) is 2.61. The standard InChI is InChI=1S/C15H21N3O5/c1-22-15(19)10-23-14-5-4-11(7-13(14)18(20)21)8-17-6-2-3-12(16)9-17/h4-5,7,12H,2-3,6,8-10,16H2,1H3/t12-/m1/s1. The van der Waals surface area contributed by atoms with Gasteiger partial charge < -0.3 is 15.2 Å². The van der Waals surface area contributed by atoms with E-state index in [2.05, 4.69) is 9.64 Å². The van der Waals surface area contributed by atoms with E-state index in [0.29, 0.717) is 6.54 Å². The summed E-state index contributed by atoms with van der Waals surface area (Å²) in [6.45, 7) is 1.96. The molecule has 0 spiro atoms. The maximum atomic E-state index is 11.2. The summed E-state index contributed by atoms with van der Waals surface area (Å²) in [4.78, 5) is 24.0. The van der Waals surface area contributed by atoms with Gasteiger partial charge in [0, 0.05) is 25.2 Å². The first-order valence-electron chi connectivity index (χ1n) is 7.44. The number of hydrogen-bond donors (Lipinski definition) is 1. The molecule has 0 radical (unpaired) electrons. The number of rotatable bonds is 6. The Bertz CT molecular complexity index is 578. The van der Waals surface area contributed by atoms with E-state index in [4.69, 9.17) is 10.5 Å². The van der Waals surface area contributed by atoms with E-state index in [9.17, 15) is 14.9 Å². The van der Waals surface area contributed by atoms with E-state index in [1.165, 1.54) is 19.2 Å². The van der Waals surface area contributed by atoms with E-state index in [0.717, 1.165) is 31.5 Å². The first-order valence-corrected chi connectivity index (χ1v) is 7.44. The predicted molar refractivity (Wildman–Crippen MR) is 83.1 cm³/mol. The molecule has 1 heterocycles. The summed E-state index contributed by atoms with van der Waals surface area (Å²) in [5.74, 6) is -0.537. The minimum absolute atomic E-state index is 0.0551. The van der Waals surface area contributed by atoms with Crippen molar-refractivity contribution in [2.24, 2.45) is 5.73 Å². The second-order valence-electron chi connectivity index (χ2n) is 5.56. The van der Waals surface area contributed by atoms with Crippen molar-refractivity contribution in [2.45, 2.75) is 25.4 Å². The summed E-state index contributed by atoms with van der Waals surface area (Å²) >= 11 is 0. The molecule has 0 bridgehead atoms. The van der Waals surface area contributed by atoms with Crippen LogP contribution in [-0.2, 0) is 16.1 Å². The molecule has 0 unspecified atom stereocenters. The lowest BCUT2D eigenvalue weighted by molar-refractivity contribution is -0.385. The molecule has 0 aromatic heterocycles. The van der Waals surface area contributed by atoms with Crippen LogP contribution < -0.4 is 10.5 Å². The zero-order valence-electron chi connectivity index (χ0n) is 13.1. The quantitative estimate of drug-likeness (QED) is 0.474. The van der Waals surface area contributed by atoms with Crippen LogP contribution >= 0.6 is 0 Å². The Balaban J connectivity index is 2.08. The smallest absolute Gasteiger partial charge is 0.343 e. The van der Waals surface area contributed by atoms with Gasteiger partial charge in [-0.05, 0) is 31.0 Å². The summed E-state index contributed by atoms with van der Waals surface area (Å²) in [6, 6.07) is 4.91. The lowest BCUT2D eigenvalue weighted by Gasteiger charge is -2.30. The van der Waals surface area contributed by atoms with Gasteiger partial charge in [0.15, 0.2) is 12.4 Å². The summed E-state index contributed by atoms with van der Waals surface area (Å²) in [7, 11) is 1.23. The summed E-state index contributed by atoms with van der Waals surface area (Å²) < 4.78 is 9.62. The maximum absolute atomic E-state index is 11.2. The van der Waals surface area contributed by atoms with Crippen molar-refractivity contribution < 1.29 is 19.2 Å². The highest BCUT2D eigenvalue weighted by atomic mass is 16.6. The molecule has 0 aliphatic carbocycles. The number of methoxy groups -OCH3 is 1. The second-order valence-corrected chi connectivity index (χ2v) is 5.56. The zero-order valence-corrected chi connectivity index (χ0v) is 13.1. The molecule has 0 saturated carbocycles. The van der Waals surface area contributed by atoms with Crippen LogP contribution in [-0.4, -0.2) is 48.6 Å². The van der Waals surface area contributed by atoms with Crippen LogP contribution in [0.15, 0.2) is 18.2 Å². The van der Waals surface area contributed by atoms with Gasteiger partial charge >= 0.3 is 11.7 Å². The fraction of sp³-hybridized carbons (Fsp3) is 0.533. The van der Waals surface area contributed by atoms with Crippen molar-refractivity contribution in [3.63, 3.8) is 0 Å². The Morgan fingerprint density at radius 1 is 1.52 bits per heavy atom. The number of carbonyl (C=O) groups is 1. The average Bonchev–Trinajstić information content (AvgIpc) is 2.53. The lowest BCUT2D eigenvalue weighted by atomic mass is 10.1. The summed E-state index contributed by atoms with van der Waals surface area (Å²) in [5.41, 5.74) is 6.60. The molecular weight excluding hydrogens is 302 g/mol. The minimum Gasteiger partial charge on any atom is -0.475 e. The predicted octanol–water partition coefficient (Wildman–Crippen LogP) is 1.07. The van der Waals surface area contributed by atoms with Gasteiger partial charge in [0.25, 0.3) is 0 Å². The molecule has 1 aromatic rings. The largest absolute Gasteiger partial charge is 0.475 e. The van der Waals surface area contributed by atoms with E-state index in [1.54, 1.807) is 6.07 Å². The Hall–Kier alpha value is -2.19. The van der Waals surface area contributed by atoms with Crippen LogP contribution in [0.3, 0.4) is 0 Å². The first-order chi connectivity index (χ1) is 11.0. The minimum atomic E-state index is -0.592. The van der Waals surface area contributed by atoms with Crippen LogP contribution in [0.4, 0.5) is 5.69 Å². The number of hydrogen-bond acceptors (Lipinski definition) is 7. The lowest BCUT2D eigenvalue weighted by Crippen LogP contribution is -2.42. The highest BCUT2D eigenvalue weighted by Gasteiger charge is 2.20. The van der Waals surface area contributed by atoms with Crippen molar-refractivity contribution in [3.8, 4) is 5.75 Å². The fourth-order valence-electron chi connectivity index (χ4n) is 2.61. The van der Waals surface area contributed by atoms with Gasteiger partial charge in [0.2, 0.25) is 0 Å². The second kappa shape index (κ2) is 7.89. The zero-order chi connectivity index (χ0) is 16.8. The molecular formula is C15H21N3O5. The molecule has 1 atom stereocenters. The molecule has 1 aliphatic heterocycles. The van der Waals surface area contributed by atoms with Crippen molar-refractivity contribution in [2.75, 3.05) is 26.8 Å². The van der Waals surface area contributed by atoms with Crippen LogP contribution in [0.5, 0.6) is 5.75 Å². The van der Waals surface area contributed by atoms with Crippen LogP contribution in [0, 0.1) is 10.1 Å². The van der Waals surface area contributed by atoms with Crippen LogP contribution in [0.25, 0.3) is 0 Å². The van der Waals surface area contributed by atoms with E-state index in [-0.39, 0.29) is 24.1 Å². The highest BCUT2D eigenvalue weighted by Crippen LogP contribution is 2.28. The van der Waals surface area contributed by atoms with Crippen molar-refractivity contribution >= 4 is 11.7 Å². The van der Waals surface area contributed by atoms with Gasteiger partial charge in [-0.3, -0.25) is 15.0 Å². The number of benzene rings is 1. The number of esters is 1. The van der Waals surface area contributed by atoms with Crippen molar-refractivity contribution in [3.05, 3.63) is 33.9 Å². The topological polar surface area (TPSA) is 108 Å². The van der Waals surface area contributed by atoms with Crippen LogP contribution in [0.1, 0.15) is 18.4 Å². The Morgan fingerprint density at radius 2 is 2.30 bits per heavy atom. The molecule has 8 nitrogen and oxygen atoms in total. The third kappa shape index (κ3) is 4.90. The molecule has 8 heteroatoms. The number of ether oxygens (including phenoxy) is 2. The van der Waals surface area contributed by atoms with E-state index < -0.39 is 10.9 Å². The Morgan fingerprint density at radius 3 is 2.96 bits per heavy atom. The molecule has 1 aliphatic rings. The number of nitro benzene ring substituents is 1. The molecule has 2 N–H and O–H groups in total. The number of carbonyl (C=O) groups excluding carboxylic acids is 1. The first kappa shape index (κ1) is 17.2. The van der Waals surface area contributed by atoms with E-state index >= 15 is 0 Å². The molecule has 23 heavy (non-hydrogen) atoms. The monoisotopic (exact) mass is 323 g/mol. The summed E-state index contributed by atoms with van der Waals surface area (Å²) in [5, 5.41) is 11.2. The number of nitro groups is 1. The van der Waals surface area contributed by atoms with Gasteiger partial charge in [0.05, 0.1) is 12.0 Å². The average molecular weight is 323 g/mol. The van der Waals surface area contributed by atoms with Gasteiger partial charge in [-0.25, -0.2) is 4.79 Å². The Labute approximate surface area is 134 Å². The van der Waals surface area contributed by atoms with Crippen molar-refractivity contribution in [1.29, 1.82) is 0 Å². The van der Waals surface area contributed by atoms with Gasteiger partial charge in [0.1, 0.15) is 0 Å².